The molecule has 1 rings (SSSR count). The van der Waals surface area contributed by atoms with Crippen LogP contribution in [-0.4, -0.2) is 57.6 Å². The minimum Gasteiger partial charge on any atom is -0.497 e. The molecule has 0 fully saturated rings. The summed E-state index contributed by atoms with van der Waals surface area (Å²) in [5.74, 6) is 1.52. The van der Waals surface area contributed by atoms with Crippen LogP contribution in [0.4, 0.5) is 0 Å². The summed E-state index contributed by atoms with van der Waals surface area (Å²) in [7, 11) is 5.12. The van der Waals surface area contributed by atoms with Gasteiger partial charge in [0.05, 0.1) is 7.11 Å². The smallest absolute Gasteiger partial charge is 0.243 e. The van der Waals surface area contributed by atoms with Crippen molar-refractivity contribution in [2.24, 2.45) is 4.99 Å². The number of nitrogens with one attached hydrogen (secondary N) is 2. The molecule has 0 saturated carbocycles. The third kappa shape index (κ3) is 7.54. The van der Waals surface area contributed by atoms with Crippen LogP contribution in [0, 0.1) is 0 Å². The summed E-state index contributed by atoms with van der Waals surface area (Å²) >= 11 is 0. The van der Waals surface area contributed by atoms with Crippen molar-refractivity contribution >= 4 is 11.9 Å². The standard InChI is InChI=1S/C17H28N4O2/c1-5-11-18-17(20-13-16(22)21(2)3)19-12-10-14-6-8-15(23-4)9-7-14/h6-9H,5,10-13H2,1-4H3,(H2,18,19,20). The summed E-state index contributed by atoms with van der Waals surface area (Å²) in [5.41, 5.74) is 1.22. The molecule has 6 heteroatoms. The molecule has 23 heavy (non-hydrogen) atoms. The molecule has 0 saturated heterocycles. The number of ether oxygens (including phenoxy) is 1. The normalized spacial score (nSPS) is 11.0. The molecule has 1 aromatic rings. The van der Waals surface area contributed by atoms with Gasteiger partial charge in [0, 0.05) is 27.2 Å². The Balaban J connectivity index is 2.49. The van der Waals surface area contributed by atoms with Gasteiger partial charge in [-0.2, -0.15) is 0 Å². The van der Waals surface area contributed by atoms with E-state index in [1.807, 2.05) is 24.3 Å². The summed E-state index contributed by atoms with van der Waals surface area (Å²) in [5, 5.41) is 6.48. The largest absolute Gasteiger partial charge is 0.497 e. The molecule has 2 N–H and O–H groups in total. The zero-order valence-electron chi connectivity index (χ0n) is 14.6. The highest BCUT2D eigenvalue weighted by molar-refractivity contribution is 5.84. The lowest BCUT2D eigenvalue weighted by Gasteiger charge is -2.13. The van der Waals surface area contributed by atoms with Gasteiger partial charge in [-0.3, -0.25) is 4.79 Å². The van der Waals surface area contributed by atoms with Gasteiger partial charge < -0.3 is 20.3 Å². The molecule has 0 aliphatic rings. The second-order valence-corrected chi connectivity index (χ2v) is 5.40. The van der Waals surface area contributed by atoms with E-state index in [1.165, 1.54) is 10.5 Å². The van der Waals surface area contributed by atoms with E-state index in [4.69, 9.17) is 4.74 Å². The predicted octanol–water partition coefficient (Wildman–Crippen LogP) is 1.27. The van der Waals surface area contributed by atoms with Crippen LogP contribution in [0.5, 0.6) is 5.75 Å². The summed E-state index contributed by atoms with van der Waals surface area (Å²) in [6, 6.07) is 8.00. The highest BCUT2D eigenvalue weighted by Crippen LogP contribution is 2.11. The number of nitrogens with zero attached hydrogens (tertiary/aromatic N) is 2. The number of carbonyl (C=O) groups is 1. The molecule has 0 aliphatic carbocycles. The molecule has 0 unspecified atom stereocenters. The van der Waals surface area contributed by atoms with Crippen molar-refractivity contribution in [3.05, 3.63) is 29.8 Å². The third-order valence-corrected chi connectivity index (χ3v) is 3.28. The minimum atomic E-state index is -0.0160. The van der Waals surface area contributed by atoms with Crippen molar-refractivity contribution in [1.29, 1.82) is 0 Å². The second kappa shape index (κ2) is 10.5. The van der Waals surface area contributed by atoms with Crippen LogP contribution in [-0.2, 0) is 11.2 Å². The molecule has 0 bridgehead atoms. The molecule has 0 aromatic heterocycles. The molecule has 0 atom stereocenters. The maximum absolute atomic E-state index is 11.6. The van der Waals surface area contributed by atoms with Crippen molar-refractivity contribution in [3.63, 3.8) is 0 Å². The van der Waals surface area contributed by atoms with Crippen molar-refractivity contribution in [2.75, 3.05) is 40.8 Å². The molecule has 6 nitrogen and oxygen atoms in total. The number of benzene rings is 1. The van der Waals surface area contributed by atoms with Gasteiger partial charge in [0.2, 0.25) is 5.91 Å². The fraction of sp³-hybridized carbons (Fsp3) is 0.529. The number of carbonyl (C=O) groups excluding carboxylic acids is 1. The van der Waals surface area contributed by atoms with Crippen LogP contribution in [0.1, 0.15) is 18.9 Å². The average molecular weight is 320 g/mol. The molecule has 1 aromatic carbocycles. The van der Waals surface area contributed by atoms with Crippen molar-refractivity contribution < 1.29 is 9.53 Å². The van der Waals surface area contributed by atoms with E-state index in [0.717, 1.165) is 31.7 Å². The molecule has 0 heterocycles. The quantitative estimate of drug-likeness (QED) is 0.559. The van der Waals surface area contributed by atoms with E-state index in [9.17, 15) is 4.79 Å². The summed E-state index contributed by atoms with van der Waals surface area (Å²) in [4.78, 5) is 17.5. The lowest BCUT2D eigenvalue weighted by molar-refractivity contribution is -0.127. The van der Waals surface area contributed by atoms with Crippen LogP contribution in [0.3, 0.4) is 0 Å². The van der Waals surface area contributed by atoms with Crippen molar-refractivity contribution in [3.8, 4) is 5.75 Å². The first kappa shape index (κ1) is 18.8. The van der Waals surface area contributed by atoms with Gasteiger partial charge in [0.1, 0.15) is 12.3 Å². The van der Waals surface area contributed by atoms with Crippen LogP contribution >= 0.6 is 0 Å². The fourth-order valence-electron chi connectivity index (χ4n) is 1.82. The van der Waals surface area contributed by atoms with E-state index < -0.39 is 0 Å². The Bertz CT molecular complexity index is 498. The Labute approximate surface area is 138 Å². The van der Waals surface area contributed by atoms with E-state index in [1.54, 1.807) is 21.2 Å². The maximum atomic E-state index is 11.6. The number of aliphatic imine (C=N–C) groups is 1. The Morgan fingerprint density at radius 1 is 1.17 bits per heavy atom. The predicted molar refractivity (Wildman–Crippen MR) is 94.0 cm³/mol. The van der Waals surface area contributed by atoms with E-state index in [2.05, 4.69) is 22.5 Å². The number of likely N-dealkylation sites (N-methyl/N-ethyl adjacent to an activating group) is 1. The van der Waals surface area contributed by atoms with E-state index in [-0.39, 0.29) is 12.5 Å². The van der Waals surface area contributed by atoms with Gasteiger partial charge in [0.15, 0.2) is 5.96 Å². The number of rotatable bonds is 8. The van der Waals surface area contributed by atoms with E-state index in [0.29, 0.717) is 5.96 Å². The molecular formula is C17H28N4O2. The zero-order valence-corrected chi connectivity index (χ0v) is 14.6. The number of methoxy groups -OCH3 is 1. The molecule has 1 amide bonds. The monoisotopic (exact) mass is 320 g/mol. The van der Waals surface area contributed by atoms with Crippen LogP contribution in [0.15, 0.2) is 29.3 Å². The lowest BCUT2D eigenvalue weighted by atomic mass is 10.1. The van der Waals surface area contributed by atoms with Crippen LogP contribution in [0.25, 0.3) is 0 Å². The van der Waals surface area contributed by atoms with E-state index >= 15 is 0 Å². The molecular weight excluding hydrogens is 292 g/mol. The fourth-order valence-corrected chi connectivity index (χ4v) is 1.82. The SMILES string of the molecule is CCCNC(=NCC(=O)N(C)C)NCCc1ccc(OC)cc1. The van der Waals surface area contributed by atoms with Crippen LogP contribution in [0.2, 0.25) is 0 Å². The number of hydrogen-bond acceptors (Lipinski definition) is 3. The zero-order chi connectivity index (χ0) is 17.1. The summed E-state index contributed by atoms with van der Waals surface area (Å²) < 4.78 is 5.15. The van der Waals surface area contributed by atoms with Crippen molar-refractivity contribution in [1.82, 2.24) is 15.5 Å². The second-order valence-electron chi connectivity index (χ2n) is 5.40. The first-order valence-electron chi connectivity index (χ1n) is 7.92. The first-order chi connectivity index (χ1) is 11.1. The Hall–Kier alpha value is -2.24. The summed E-state index contributed by atoms with van der Waals surface area (Å²) in [6.45, 7) is 3.81. The Morgan fingerprint density at radius 2 is 1.83 bits per heavy atom. The molecule has 0 radical (unpaired) electrons. The molecule has 0 aliphatic heterocycles. The van der Waals surface area contributed by atoms with Gasteiger partial charge in [-0.15, -0.1) is 0 Å². The number of guanidine groups is 1. The molecule has 0 spiro atoms. The first-order valence-corrected chi connectivity index (χ1v) is 7.92. The Morgan fingerprint density at radius 3 is 2.39 bits per heavy atom. The highest BCUT2D eigenvalue weighted by atomic mass is 16.5. The van der Waals surface area contributed by atoms with Gasteiger partial charge in [-0.05, 0) is 30.5 Å². The Kier molecular flexibility index (Phi) is 8.57. The topological polar surface area (TPSA) is 66.0 Å². The van der Waals surface area contributed by atoms with Crippen LogP contribution < -0.4 is 15.4 Å². The van der Waals surface area contributed by atoms with Gasteiger partial charge >= 0.3 is 0 Å². The summed E-state index contributed by atoms with van der Waals surface area (Å²) in [6.07, 6.45) is 1.87. The minimum absolute atomic E-state index is 0.0160. The van der Waals surface area contributed by atoms with Crippen molar-refractivity contribution in [2.45, 2.75) is 19.8 Å². The van der Waals surface area contributed by atoms with Gasteiger partial charge in [-0.25, -0.2) is 4.99 Å². The highest BCUT2D eigenvalue weighted by Gasteiger charge is 2.04. The maximum Gasteiger partial charge on any atom is 0.243 e. The van der Waals surface area contributed by atoms with Gasteiger partial charge in [0.25, 0.3) is 0 Å². The lowest BCUT2D eigenvalue weighted by Crippen LogP contribution is -2.39. The van der Waals surface area contributed by atoms with Gasteiger partial charge in [-0.1, -0.05) is 19.1 Å². The molecule has 128 valence electrons. The third-order valence-electron chi connectivity index (χ3n) is 3.28. The number of hydrogen-bond donors (Lipinski definition) is 2. The number of amides is 1. The average Bonchev–Trinajstić information content (AvgIpc) is 2.56.